The lowest BCUT2D eigenvalue weighted by Gasteiger charge is -2.10. The first kappa shape index (κ1) is 22.3. The summed E-state index contributed by atoms with van der Waals surface area (Å²) in [6, 6.07) is 21.7. The summed E-state index contributed by atoms with van der Waals surface area (Å²) >= 11 is 0. The summed E-state index contributed by atoms with van der Waals surface area (Å²) in [6.07, 6.45) is 3.09. The number of aryl methyl sites for hydroxylation is 1. The summed E-state index contributed by atoms with van der Waals surface area (Å²) in [7, 11) is 0. The van der Waals surface area contributed by atoms with E-state index in [9.17, 15) is 9.59 Å². The van der Waals surface area contributed by atoms with Gasteiger partial charge in [-0.3, -0.25) is 14.2 Å². The van der Waals surface area contributed by atoms with Crippen molar-refractivity contribution in [2.45, 2.75) is 20.0 Å². The summed E-state index contributed by atoms with van der Waals surface area (Å²) in [4.78, 5) is 29.7. The molecule has 176 valence electrons. The van der Waals surface area contributed by atoms with Gasteiger partial charge in [0.2, 0.25) is 0 Å². The molecule has 0 saturated carbocycles. The van der Waals surface area contributed by atoms with E-state index in [0.29, 0.717) is 36.4 Å². The Hall–Kier alpha value is -4.46. The lowest BCUT2D eigenvalue weighted by molar-refractivity contribution is -0.123. The summed E-state index contributed by atoms with van der Waals surface area (Å²) in [5.74, 6) is 0.417. The molecule has 35 heavy (non-hydrogen) atoms. The number of hydrogen-bond donors (Lipinski definition) is 1. The van der Waals surface area contributed by atoms with Crippen molar-refractivity contribution < 1.29 is 9.53 Å². The van der Waals surface area contributed by atoms with Gasteiger partial charge in [0.05, 0.1) is 19.3 Å². The number of fused-ring (bicyclic) bond motifs is 2. The van der Waals surface area contributed by atoms with Gasteiger partial charge in [0.15, 0.2) is 12.3 Å². The van der Waals surface area contributed by atoms with Crippen LogP contribution in [0, 0.1) is 6.92 Å². The molecule has 0 spiro atoms. The Morgan fingerprint density at radius 1 is 1.00 bits per heavy atom. The number of amides is 1. The Labute approximate surface area is 201 Å². The third-order valence-corrected chi connectivity index (χ3v) is 5.88. The van der Waals surface area contributed by atoms with Gasteiger partial charge in [-0.2, -0.15) is 5.10 Å². The number of carbonyl (C=O) groups is 1. The van der Waals surface area contributed by atoms with Gasteiger partial charge >= 0.3 is 0 Å². The molecule has 0 saturated heterocycles. The first-order valence-corrected chi connectivity index (χ1v) is 11.4. The summed E-state index contributed by atoms with van der Waals surface area (Å²) < 4.78 is 8.72. The van der Waals surface area contributed by atoms with Crippen LogP contribution in [0.2, 0.25) is 0 Å². The van der Waals surface area contributed by atoms with Crippen molar-refractivity contribution in [3.63, 3.8) is 0 Å². The van der Waals surface area contributed by atoms with Gasteiger partial charge in [0, 0.05) is 6.54 Å². The van der Waals surface area contributed by atoms with Gasteiger partial charge in [0.25, 0.3) is 11.5 Å². The molecule has 0 bridgehead atoms. The van der Waals surface area contributed by atoms with E-state index in [1.54, 1.807) is 15.6 Å². The number of nitrogens with zero attached hydrogens (tertiary/aromatic N) is 4. The maximum Gasteiger partial charge on any atom is 0.264 e. The first-order chi connectivity index (χ1) is 17.1. The van der Waals surface area contributed by atoms with Crippen molar-refractivity contribution in [2.24, 2.45) is 0 Å². The molecule has 0 radical (unpaired) electrons. The van der Waals surface area contributed by atoms with Gasteiger partial charge in [-0.05, 0) is 35.4 Å². The molecule has 0 aliphatic carbocycles. The van der Waals surface area contributed by atoms with Crippen LogP contribution in [-0.2, 0) is 17.9 Å². The predicted molar refractivity (Wildman–Crippen MR) is 135 cm³/mol. The fourth-order valence-electron chi connectivity index (χ4n) is 4.02. The molecule has 8 heteroatoms. The monoisotopic (exact) mass is 467 g/mol. The lowest BCUT2D eigenvalue weighted by Crippen LogP contribution is -2.31. The first-order valence-electron chi connectivity index (χ1n) is 11.4. The third kappa shape index (κ3) is 4.91. The van der Waals surface area contributed by atoms with E-state index in [1.165, 1.54) is 6.20 Å². The zero-order valence-electron chi connectivity index (χ0n) is 19.3. The Kier molecular flexibility index (Phi) is 6.26. The molecule has 1 amide bonds. The second-order valence-electron chi connectivity index (χ2n) is 8.37. The quantitative estimate of drug-likeness (QED) is 0.378. The van der Waals surface area contributed by atoms with Gasteiger partial charge < -0.3 is 10.1 Å². The highest BCUT2D eigenvalue weighted by Crippen LogP contribution is 2.19. The Morgan fingerprint density at radius 2 is 1.80 bits per heavy atom. The minimum atomic E-state index is -0.229. The molecule has 0 aliphatic heterocycles. The number of hydrogen-bond acceptors (Lipinski definition) is 5. The van der Waals surface area contributed by atoms with E-state index in [4.69, 9.17) is 4.74 Å². The number of ether oxygens (including phenoxy) is 1. The molecular weight excluding hydrogens is 442 g/mol. The molecule has 0 aliphatic rings. The van der Waals surface area contributed by atoms with Crippen LogP contribution in [0.25, 0.3) is 21.8 Å². The minimum absolute atomic E-state index is 0.0694. The van der Waals surface area contributed by atoms with Crippen molar-refractivity contribution in [3.8, 4) is 5.75 Å². The Balaban J connectivity index is 1.23. The van der Waals surface area contributed by atoms with Crippen molar-refractivity contribution in [3.05, 3.63) is 101 Å². The van der Waals surface area contributed by atoms with Gasteiger partial charge in [-0.25, -0.2) is 9.67 Å². The molecule has 0 fully saturated rings. The van der Waals surface area contributed by atoms with Crippen LogP contribution >= 0.6 is 0 Å². The van der Waals surface area contributed by atoms with Gasteiger partial charge in [-0.15, -0.1) is 0 Å². The fourth-order valence-corrected chi connectivity index (χ4v) is 4.02. The van der Waals surface area contributed by atoms with E-state index in [1.807, 2.05) is 55.5 Å². The van der Waals surface area contributed by atoms with E-state index >= 15 is 0 Å². The maximum absolute atomic E-state index is 13.1. The Morgan fingerprint density at radius 3 is 2.66 bits per heavy atom. The maximum atomic E-state index is 13.1. The zero-order chi connectivity index (χ0) is 24.2. The van der Waals surface area contributed by atoms with Crippen LogP contribution in [0.1, 0.15) is 11.1 Å². The van der Waals surface area contributed by atoms with Crippen molar-refractivity contribution >= 4 is 27.7 Å². The standard InChI is InChI=1S/C27H25N5O3/c1-19-9-11-22(12-10-19)35-17-25(33)28-13-14-32-26-24(15-30-32)27(34)31(18-29-26)16-21-7-4-6-20-5-2-3-8-23(20)21/h2-12,15,18H,13-14,16-17H2,1H3,(H,28,33). The van der Waals surface area contributed by atoms with Gasteiger partial charge in [-0.1, -0.05) is 60.2 Å². The highest BCUT2D eigenvalue weighted by atomic mass is 16.5. The second-order valence-corrected chi connectivity index (χ2v) is 8.37. The van der Waals surface area contributed by atoms with E-state index in [-0.39, 0.29) is 18.1 Å². The predicted octanol–water partition coefficient (Wildman–Crippen LogP) is 3.30. The van der Waals surface area contributed by atoms with Crippen LogP contribution in [0.15, 0.2) is 84.0 Å². The fraction of sp³-hybridized carbons (Fsp3) is 0.185. The van der Waals surface area contributed by atoms with Crippen molar-refractivity contribution in [2.75, 3.05) is 13.2 Å². The summed E-state index contributed by atoms with van der Waals surface area (Å²) in [6.45, 7) is 3.07. The highest BCUT2D eigenvalue weighted by molar-refractivity contribution is 5.85. The van der Waals surface area contributed by atoms with Gasteiger partial charge in [0.1, 0.15) is 17.5 Å². The van der Waals surface area contributed by atoms with E-state index in [0.717, 1.165) is 21.9 Å². The van der Waals surface area contributed by atoms with Crippen LogP contribution in [0.3, 0.4) is 0 Å². The van der Waals surface area contributed by atoms with E-state index in [2.05, 4.69) is 33.6 Å². The lowest BCUT2D eigenvalue weighted by atomic mass is 10.0. The van der Waals surface area contributed by atoms with Crippen LogP contribution in [0.4, 0.5) is 0 Å². The molecule has 3 aromatic carbocycles. The largest absolute Gasteiger partial charge is 0.484 e. The minimum Gasteiger partial charge on any atom is -0.484 e. The van der Waals surface area contributed by atoms with Crippen molar-refractivity contribution in [1.29, 1.82) is 0 Å². The molecular formula is C27H25N5O3. The second kappa shape index (κ2) is 9.80. The normalized spacial score (nSPS) is 11.1. The molecule has 0 atom stereocenters. The van der Waals surface area contributed by atoms with Crippen LogP contribution in [0.5, 0.6) is 5.75 Å². The molecule has 2 aromatic heterocycles. The SMILES string of the molecule is Cc1ccc(OCC(=O)NCCn2ncc3c(=O)n(Cc4cccc5ccccc45)cnc32)cc1. The topological polar surface area (TPSA) is 91.0 Å². The van der Waals surface area contributed by atoms with Crippen LogP contribution in [-0.4, -0.2) is 38.4 Å². The highest BCUT2D eigenvalue weighted by Gasteiger charge is 2.12. The summed E-state index contributed by atoms with van der Waals surface area (Å²) in [5.41, 5.74) is 2.52. The number of benzene rings is 3. The zero-order valence-corrected chi connectivity index (χ0v) is 19.3. The average Bonchev–Trinajstić information content (AvgIpc) is 3.29. The molecule has 8 nitrogen and oxygen atoms in total. The number of aromatic nitrogens is 4. The van der Waals surface area contributed by atoms with E-state index < -0.39 is 0 Å². The summed E-state index contributed by atoms with van der Waals surface area (Å²) in [5, 5.41) is 9.81. The van der Waals surface area contributed by atoms with Crippen LogP contribution < -0.4 is 15.6 Å². The number of carbonyl (C=O) groups excluding carboxylic acids is 1. The molecule has 2 heterocycles. The average molecular weight is 468 g/mol. The smallest absolute Gasteiger partial charge is 0.264 e. The number of rotatable bonds is 8. The Bertz CT molecular complexity index is 1550. The molecule has 5 aromatic rings. The molecule has 0 unspecified atom stereocenters. The molecule has 5 rings (SSSR count). The molecule has 1 N–H and O–H groups in total. The van der Waals surface area contributed by atoms with Crippen molar-refractivity contribution in [1.82, 2.24) is 24.6 Å². The third-order valence-electron chi connectivity index (χ3n) is 5.88. The number of nitrogens with one attached hydrogen (secondary N) is 1.